The van der Waals surface area contributed by atoms with Gasteiger partial charge < -0.3 is 20.0 Å². The average molecular weight is 509 g/mol. The van der Waals surface area contributed by atoms with Crippen LogP contribution in [0, 0.1) is 0 Å². The number of nitrogens with two attached hydrogens (primary N) is 1. The second-order valence-electron chi connectivity index (χ2n) is 9.36. The van der Waals surface area contributed by atoms with E-state index in [0.29, 0.717) is 13.0 Å². The minimum atomic E-state index is -0.417. The standard InChI is InChI=1S/C30H32N6O2/c1-38-24-14-11-22(12-15-24)20-36-29(16-13-21-7-3-2-4-8-21)34-35-30(36)27(33-19-28(31)37)17-23-18-32-26-10-6-5-9-25(23)26/h2-12,14-15,18,27,32-33H,13,16-17,19-20H2,1H3,(H2,31,37). The van der Waals surface area contributed by atoms with Crippen LogP contribution in [0.15, 0.2) is 85.1 Å². The Morgan fingerprint density at radius 3 is 2.50 bits per heavy atom. The van der Waals surface area contributed by atoms with E-state index in [1.54, 1.807) is 7.11 Å². The monoisotopic (exact) mass is 508 g/mol. The maximum absolute atomic E-state index is 11.7. The van der Waals surface area contributed by atoms with Gasteiger partial charge in [-0.1, -0.05) is 60.7 Å². The van der Waals surface area contributed by atoms with Gasteiger partial charge in [-0.15, -0.1) is 10.2 Å². The lowest BCUT2D eigenvalue weighted by Gasteiger charge is -2.20. The van der Waals surface area contributed by atoms with Crippen molar-refractivity contribution in [3.8, 4) is 5.75 Å². The Balaban J connectivity index is 1.49. The molecule has 0 spiro atoms. The number of fused-ring (bicyclic) bond motifs is 1. The van der Waals surface area contributed by atoms with Gasteiger partial charge in [-0.25, -0.2) is 0 Å². The Kier molecular flexibility index (Phi) is 7.80. The van der Waals surface area contributed by atoms with Crippen molar-refractivity contribution in [2.75, 3.05) is 13.7 Å². The fourth-order valence-electron chi connectivity index (χ4n) is 4.78. The van der Waals surface area contributed by atoms with Crippen LogP contribution in [0.25, 0.3) is 10.9 Å². The quantitative estimate of drug-likeness (QED) is 0.236. The Morgan fingerprint density at radius 2 is 1.74 bits per heavy atom. The predicted octanol–water partition coefficient (Wildman–Crippen LogP) is 3.96. The highest BCUT2D eigenvalue weighted by atomic mass is 16.5. The first-order valence-electron chi connectivity index (χ1n) is 12.8. The van der Waals surface area contributed by atoms with Crippen molar-refractivity contribution >= 4 is 16.8 Å². The van der Waals surface area contributed by atoms with Gasteiger partial charge in [0.05, 0.1) is 26.2 Å². The minimum absolute atomic E-state index is 0.0434. The zero-order chi connectivity index (χ0) is 26.3. The Labute approximate surface area is 221 Å². The predicted molar refractivity (Wildman–Crippen MR) is 148 cm³/mol. The second-order valence-corrected chi connectivity index (χ2v) is 9.36. The molecule has 0 aliphatic rings. The Bertz CT molecular complexity index is 1490. The number of rotatable bonds is 12. The van der Waals surface area contributed by atoms with Crippen LogP contribution in [0.5, 0.6) is 5.75 Å². The third-order valence-corrected chi connectivity index (χ3v) is 6.77. The second kappa shape index (κ2) is 11.7. The number of aryl methyl sites for hydroxylation is 2. The van der Waals surface area contributed by atoms with Crippen molar-refractivity contribution in [2.24, 2.45) is 5.73 Å². The van der Waals surface area contributed by atoms with Crippen molar-refractivity contribution in [1.29, 1.82) is 0 Å². The zero-order valence-corrected chi connectivity index (χ0v) is 21.4. The molecular weight excluding hydrogens is 476 g/mol. The van der Waals surface area contributed by atoms with Crippen LogP contribution in [0.1, 0.15) is 34.4 Å². The number of nitrogens with one attached hydrogen (secondary N) is 2. The van der Waals surface area contributed by atoms with E-state index in [2.05, 4.69) is 61.5 Å². The van der Waals surface area contributed by atoms with Gasteiger partial charge >= 0.3 is 0 Å². The molecule has 0 saturated heterocycles. The Hall–Kier alpha value is -4.43. The highest BCUT2D eigenvalue weighted by molar-refractivity contribution is 5.83. The average Bonchev–Trinajstić information content (AvgIpc) is 3.54. The molecule has 2 heterocycles. The number of benzene rings is 3. The van der Waals surface area contributed by atoms with E-state index < -0.39 is 5.91 Å². The molecule has 1 atom stereocenters. The van der Waals surface area contributed by atoms with E-state index in [9.17, 15) is 4.79 Å². The molecule has 0 saturated carbocycles. The summed E-state index contributed by atoms with van der Waals surface area (Å²) in [4.78, 5) is 15.1. The summed E-state index contributed by atoms with van der Waals surface area (Å²) in [5, 5.41) is 13.8. The molecular formula is C30H32N6O2. The molecule has 3 aromatic carbocycles. The van der Waals surface area contributed by atoms with Gasteiger partial charge in [-0.2, -0.15) is 0 Å². The fraction of sp³-hybridized carbons (Fsp3) is 0.233. The number of carbonyl (C=O) groups is 1. The highest BCUT2D eigenvalue weighted by Crippen LogP contribution is 2.25. The summed E-state index contributed by atoms with van der Waals surface area (Å²) in [5.74, 6) is 2.06. The first kappa shape index (κ1) is 25.2. The van der Waals surface area contributed by atoms with Crippen molar-refractivity contribution < 1.29 is 9.53 Å². The molecule has 38 heavy (non-hydrogen) atoms. The summed E-state index contributed by atoms with van der Waals surface area (Å²) >= 11 is 0. The van der Waals surface area contributed by atoms with E-state index in [4.69, 9.17) is 10.5 Å². The van der Waals surface area contributed by atoms with Crippen LogP contribution >= 0.6 is 0 Å². The number of H-pyrrole nitrogens is 1. The summed E-state index contributed by atoms with van der Waals surface area (Å²) in [6.07, 6.45) is 4.23. The molecule has 0 aliphatic carbocycles. The van der Waals surface area contributed by atoms with Crippen molar-refractivity contribution in [1.82, 2.24) is 25.1 Å². The molecule has 0 radical (unpaired) electrons. The number of carbonyl (C=O) groups excluding carboxylic acids is 1. The molecule has 4 N–H and O–H groups in total. The van der Waals surface area contributed by atoms with Gasteiger partial charge in [-0.05, 0) is 47.7 Å². The van der Waals surface area contributed by atoms with Crippen LogP contribution in [-0.2, 0) is 30.6 Å². The van der Waals surface area contributed by atoms with Gasteiger partial charge in [0.1, 0.15) is 11.6 Å². The van der Waals surface area contributed by atoms with Crippen molar-refractivity contribution in [3.05, 3.63) is 113 Å². The largest absolute Gasteiger partial charge is 0.497 e. The van der Waals surface area contributed by atoms with Gasteiger partial charge in [0.25, 0.3) is 0 Å². The van der Waals surface area contributed by atoms with Crippen LogP contribution < -0.4 is 15.8 Å². The number of nitrogens with zero attached hydrogens (tertiary/aromatic N) is 3. The first-order chi connectivity index (χ1) is 18.6. The molecule has 0 bridgehead atoms. The first-order valence-corrected chi connectivity index (χ1v) is 12.8. The number of hydrogen-bond donors (Lipinski definition) is 3. The maximum Gasteiger partial charge on any atom is 0.231 e. The number of primary amides is 1. The summed E-state index contributed by atoms with van der Waals surface area (Å²) in [6, 6.07) is 26.3. The number of hydrogen-bond acceptors (Lipinski definition) is 5. The number of methoxy groups -OCH3 is 1. The topological polar surface area (TPSA) is 111 Å². The van der Waals surface area contributed by atoms with Gasteiger partial charge in [0, 0.05) is 23.5 Å². The molecule has 1 amide bonds. The van der Waals surface area contributed by atoms with E-state index in [1.807, 2.05) is 48.7 Å². The normalized spacial score (nSPS) is 12.0. The number of ether oxygens (including phenoxy) is 1. The maximum atomic E-state index is 11.7. The van der Waals surface area contributed by atoms with Crippen LogP contribution in [-0.4, -0.2) is 39.3 Å². The van der Waals surface area contributed by atoms with Gasteiger partial charge in [-0.3, -0.25) is 10.1 Å². The SMILES string of the molecule is COc1ccc(Cn2c(CCc3ccccc3)nnc2C(Cc2c[nH]c3ccccc23)NCC(N)=O)cc1. The lowest BCUT2D eigenvalue weighted by molar-refractivity contribution is -0.117. The molecule has 0 aliphatic heterocycles. The third kappa shape index (κ3) is 5.92. The van der Waals surface area contributed by atoms with Crippen LogP contribution in [0.2, 0.25) is 0 Å². The number of aromatic nitrogens is 4. The molecule has 0 fully saturated rings. The molecule has 8 heteroatoms. The molecule has 2 aromatic heterocycles. The molecule has 194 valence electrons. The third-order valence-electron chi connectivity index (χ3n) is 6.77. The fourth-order valence-corrected chi connectivity index (χ4v) is 4.78. The van der Waals surface area contributed by atoms with E-state index in [1.165, 1.54) is 5.56 Å². The highest BCUT2D eigenvalue weighted by Gasteiger charge is 2.23. The zero-order valence-electron chi connectivity index (χ0n) is 21.4. The molecule has 5 aromatic rings. The molecule has 5 rings (SSSR count). The summed E-state index contributed by atoms with van der Waals surface area (Å²) in [7, 11) is 1.66. The lowest BCUT2D eigenvalue weighted by Crippen LogP contribution is -2.34. The lowest BCUT2D eigenvalue weighted by atomic mass is 10.0. The van der Waals surface area contributed by atoms with Gasteiger partial charge in [0.15, 0.2) is 5.82 Å². The van der Waals surface area contributed by atoms with E-state index in [-0.39, 0.29) is 12.6 Å². The molecule has 8 nitrogen and oxygen atoms in total. The van der Waals surface area contributed by atoms with E-state index >= 15 is 0 Å². The van der Waals surface area contributed by atoms with Crippen molar-refractivity contribution in [2.45, 2.75) is 31.8 Å². The van der Waals surface area contributed by atoms with Gasteiger partial charge in [0.2, 0.25) is 5.91 Å². The van der Waals surface area contributed by atoms with Crippen LogP contribution in [0.4, 0.5) is 0 Å². The van der Waals surface area contributed by atoms with Crippen molar-refractivity contribution in [3.63, 3.8) is 0 Å². The summed E-state index contributed by atoms with van der Waals surface area (Å²) in [6.45, 7) is 0.640. The smallest absolute Gasteiger partial charge is 0.231 e. The minimum Gasteiger partial charge on any atom is -0.497 e. The summed E-state index contributed by atoms with van der Waals surface area (Å²) in [5.41, 5.74) is 10.1. The molecule has 1 unspecified atom stereocenters. The number of aromatic amines is 1. The number of amides is 1. The van der Waals surface area contributed by atoms with E-state index in [0.717, 1.165) is 52.3 Å². The number of para-hydroxylation sites is 1. The Morgan fingerprint density at radius 1 is 0.974 bits per heavy atom. The summed E-state index contributed by atoms with van der Waals surface area (Å²) < 4.78 is 7.50. The van der Waals surface area contributed by atoms with Crippen LogP contribution in [0.3, 0.4) is 0 Å².